The normalized spacial score (nSPS) is 19.0. The van der Waals surface area contributed by atoms with Gasteiger partial charge in [0.15, 0.2) is 0 Å². The van der Waals surface area contributed by atoms with E-state index in [1.165, 1.54) is 30.6 Å². The van der Waals surface area contributed by atoms with Gasteiger partial charge in [-0.25, -0.2) is 0 Å². The van der Waals surface area contributed by atoms with Gasteiger partial charge in [-0.2, -0.15) is 0 Å². The van der Waals surface area contributed by atoms with Crippen LogP contribution >= 0.6 is 0 Å². The van der Waals surface area contributed by atoms with E-state index in [9.17, 15) is 0 Å². The van der Waals surface area contributed by atoms with E-state index in [-0.39, 0.29) is 0 Å². The number of anilines is 1. The zero-order valence-corrected chi connectivity index (χ0v) is 13.2. The van der Waals surface area contributed by atoms with Gasteiger partial charge in [-0.15, -0.1) is 0 Å². The molecule has 112 valence electrons. The Hall–Kier alpha value is -1.06. The lowest BCUT2D eigenvalue weighted by Crippen LogP contribution is -2.35. The van der Waals surface area contributed by atoms with Gasteiger partial charge in [0, 0.05) is 31.4 Å². The largest absolute Gasteiger partial charge is 0.370 e. The minimum atomic E-state index is 0.504. The van der Waals surface area contributed by atoms with E-state index in [1.807, 2.05) is 0 Å². The van der Waals surface area contributed by atoms with Crippen LogP contribution in [0.1, 0.15) is 38.3 Å². The van der Waals surface area contributed by atoms with Crippen LogP contribution in [-0.2, 0) is 0 Å². The van der Waals surface area contributed by atoms with Crippen molar-refractivity contribution in [2.24, 2.45) is 0 Å². The Labute approximate surface area is 124 Å². The number of likely N-dealkylation sites (N-methyl/N-ethyl adjacent to an activating group) is 1. The third-order valence-electron chi connectivity index (χ3n) is 4.50. The van der Waals surface area contributed by atoms with Crippen molar-refractivity contribution in [1.82, 2.24) is 10.2 Å². The average Bonchev–Trinajstić information content (AvgIpc) is 2.68. The van der Waals surface area contributed by atoms with Gasteiger partial charge in [0.05, 0.1) is 0 Å². The summed E-state index contributed by atoms with van der Waals surface area (Å²) in [5.41, 5.74) is 2.89. The SMILES string of the molecule is CCN(CC)CCN1CCCC(NC)c2ccccc21. The van der Waals surface area contributed by atoms with Crippen LogP contribution in [0.2, 0.25) is 0 Å². The molecule has 0 spiro atoms. The molecule has 0 amide bonds. The maximum atomic E-state index is 3.47. The second-order valence-corrected chi connectivity index (χ2v) is 5.56. The Kier molecular flexibility index (Phi) is 5.86. The Bertz CT molecular complexity index is 401. The van der Waals surface area contributed by atoms with Gasteiger partial charge in [0.1, 0.15) is 0 Å². The fourth-order valence-corrected chi connectivity index (χ4v) is 3.17. The first kappa shape index (κ1) is 15.3. The molecular formula is C17H29N3. The molecule has 2 rings (SSSR count). The summed E-state index contributed by atoms with van der Waals surface area (Å²) in [6.45, 7) is 10.3. The standard InChI is InChI=1S/C17H29N3/c1-4-19(5-2)13-14-20-12-8-10-16(18-3)15-9-6-7-11-17(15)20/h6-7,9,11,16,18H,4-5,8,10,12-14H2,1-3H3. The van der Waals surface area contributed by atoms with Gasteiger partial charge in [-0.3, -0.25) is 0 Å². The molecule has 20 heavy (non-hydrogen) atoms. The molecule has 1 aliphatic heterocycles. The third kappa shape index (κ3) is 3.53. The highest BCUT2D eigenvalue weighted by Gasteiger charge is 2.21. The van der Waals surface area contributed by atoms with Crippen LogP contribution in [0.5, 0.6) is 0 Å². The molecule has 1 heterocycles. The summed E-state index contributed by atoms with van der Waals surface area (Å²) in [5, 5.41) is 3.47. The Morgan fingerprint density at radius 3 is 2.70 bits per heavy atom. The number of nitrogens with zero attached hydrogens (tertiary/aromatic N) is 2. The predicted octanol–water partition coefficient (Wildman–Crippen LogP) is 2.89. The van der Waals surface area contributed by atoms with Gasteiger partial charge in [0.2, 0.25) is 0 Å². The molecule has 0 fully saturated rings. The summed E-state index contributed by atoms with van der Waals surface area (Å²) in [7, 11) is 2.08. The fraction of sp³-hybridized carbons (Fsp3) is 0.647. The van der Waals surface area contributed by atoms with Gasteiger partial charge in [-0.05, 0) is 44.6 Å². The highest BCUT2D eigenvalue weighted by molar-refractivity contribution is 5.55. The van der Waals surface area contributed by atoms with Crippen LogP contribution in [-0.4, -0.2) is 44.7 Å². The number of para-hydroxylation sites is 1. The van der Waals surface area contributed by atoms with E-state index in [4.69, 9.17) is 0 Å². The summed E-state index contributed by atoms with van der Waals surface area (Å²) in [6.07, 6.45) is 2.49. The molecule has 0 saturated carbocycles. The predicted molar refractivity (Wildman–Crippen MR) is 87.5 cm³/mol. The number of rotatable bonds is 6. The Balaban J connectivity index is 2.13. The molecule has 1 aromatic rings. The van der Waals surface area contributed by atoms with E-state index < -0.39 is 0 Å². The Morgan fingerprint density at radius 1 is 1.25 bits per heavy atom. The van der Waals surface area contributed by atoms with Crippen LogP contribution in [0.15, 0.2) is 24.3 Å². The van der Waals surface area contributed by atoms with Gasteiger partial charge >= 0.3 is 0 Å². The summed E-state index contributed by atoms with van der Waals surface area (Å²) < 4.78 is 0. The van der Waals surface area contributed by atoms with Gasteiger partial charge in [0.25, 0.3) is 0 Å². The van der Waals surface area contributed by atoms with Crippen molar-refractivity contribution < 1.29 is 0 Å². The average molecular weight is 275 g/mol. The zero-order valence-electron chi connectivity index (χ0n) is 13.2. The van der Waals surface area contributed by atoms with Crippen molar-refractivity contribution in [2.75, 3.05) is 44.7 Å². The minimum Gasteiger partial charge on any atom is -0.370 e. The maximum Gasteiger partial charge on any atom is 0.0415 e. The summed E-state index contributed by atoms with van der Waals surface area (Å²) in [4.78, 5) is 5.08. The Morgan fingerprint density at radius 2 is 2.00 bits per heavy atom. The smallest absolute Gasteiger partial charge is 0.0415 e. The molecule has 0 bridgehead atoms. The highest BCUT2D eigenvalue weighted by atomic mass is 15.2. The minimum absolute atomic E-state index is 0.504. The van der Waals surface area contributed by atoms with Crippen molar-refractivity contribution in [2.45, 2.75) is 32.7 Å². The lowest BCUT2D eigenvalue weighted by molar-refractivity contribution is 0.309. The van der Waals surface area contributed by atoms with E-state index in [1.54, 1.807) is 0 Å². The highest BCUT2D eigenvalue weighted by Crippen LogP contribution is 2.32. The van der Waals surface area contributed by atoms with Crippen molar-refractivity contribution >= 4 is 5.69 Å². The topological polar surface area (TPSA) is 18.5 Å². The van der Waals surface area contributed by atoms with Crippen molar-refractivity contribution in [3.63, 3.8) is 0 Å². The molecule has 0 radical (unpaired) electrons. The number of hydrogen-bond donors (Lipinski definition) is 1. The zero-order chi connectivity index (χ0) is 14.4. The second kappa shape index (κ2) is 7.65. The van der Waals surface area contributed by atoms with E-state index in [0.717, 1.165) is 26.2 Å². The van der Waals surface area contributed by atoms with E-state index >= 15 is 0 Å². The number of nitrogens with one attached hydrogen (secondary N) is 1. The molecule has 0 saturated heterocycles. The number of hydrogen-bond acceptors (Lipinski definition) is 3. The van der Waals surface area contributed by atoms with Crippen molar-refractivity contribution in [1.29, 1.82) is 0 Å². The van der Waals surface area contributed by atoms with Crippen LogP contribution in [0.4, 0.5) is 5.69 Å². The lowest BCUT2D eigenvalue weighted by atomic mass is 10.0. The maximum absolute atomic E-state index is 3.47. The molecule has 1 atom stereocenters. The van der Waals surface area contributed by atoms with Crippen LogP contribution in [0.3, 0.4) is 0 Å². The van der Waals surface area contributed by atoms with Gasteiger partial charge in [-0.1, -0.05) is 32.0 Å². The fourth-order valence-electron chi connectivity index (χ4n) is 3.17. The molecule has 1 unspecified atom stereocenters. The monoisotopic (exact) mass is 275 g/mol. The van der Waals surface area contributed by atoms with Crippen molar-refractivity contribution in [3.05, 3.63) is 29.8 Å². The first-order valence-electron chi connectivity index (χ1n) is 8.03. The summed E-state index contributed by atoms with van der Waals surface area (Å²) in [6, 6.07) is 9.40. The number of benzene rings is 1. The number of fused-ring (bicyclic) bond motifs is 1. The van der Waals surface area contributed by atoms with Crippen LogP contribution in [0, 0.1) is 0 Å². The molecular weight excluding hydrogens is 246 g/mol. The molecule has 1 aliphatic rings. The molecule has 3 heteroatoms. The molecule has 0 aliphatic carbocycles. The lowest BCUT2D eigenvalue weighted by Gasteiger charge is -2.28. The summed E-state index contributed by atoms with van der Waals surface area (Å²) >= 11 is 0. The van der Waals surface area contributed by atoms with Crippen LogP contribution < -0.4 is 10.2 Å². The second-order valence-electron chi connectivity index (χ2n) is 5.56. The molecule has 1 N–H and O–H groups in total. The first-order valence-corrected chi connectivity index (χ1v) is 8.03. The molecule has 0 aromatic heterocycles. The molecule has 1 aromatic carbocycles. The summed E-state index contributed by atoms with van der Waals surface area (Å²) in [5.74, 6) is 0. The molecule has 3 nitrogen and oxygen atoms in total. The van der Waals surface area contributed by atoms with E-state index in [0.29, 0.717) is 6.04 Å². The van der Waals surface area contributed by atoms with E-state index in [2.05, 4.69) is 60.3 Å². The van der Waals surface area contributed by atoms with Crippen LogP contribution in [0.25, 0.3) is 0 Å². The first-order chi connectivity index (χ1) is 9.80. The third-order valence-corrected chi connectivity index (χ3v) is 4.50. The van der Waals surface area contributed by atoms with Gasteiger partial charge < -0.3 is 15.1 Å². The van der Waals surface area contributed by atoms with Crippen molar-refractivity contribution in [3.8, 4) is 0 Å². The quantitative estimate of drug-likeness (QED) is 0.861.